The highest BCUT2D eigenvalue weighted by atomic mass is 16.5. The van der Waals surface area contributed by atoms with E-state index in [0.717, 1.165) is 16.7 Å². The van der Waals surface area contributed by atoms with Crippen molar-refractivity contribution in [3.63, 3.8) is 0 Å². The lowest BCUT2D eigenvalue weighted by molar-refractivity contribution is 0.208. The molecule has 3 rings (SSSR count). The molecule has 3 aromatic carbocycles. The maximum absolute atomic E-state index is 8.64. The highest BCUT2D eigenvalue weighted by Gasteiger charge is 2.06. The molecule has 0 aliphatic carbocycles. The van der Waals surface area contributed by atoms with Gasteiger partial charge in [-0.05, 0) is 48.0 Å². The van der Waals surface area contributed by atoms with Crippen LogP contribution in [0.3, 0.4) is 0 Å². The first-order valence-corrected chi connectivity index (χ1v) is 8.49. The largest absolute Gasteiger partial charge is 0.490 e. The molecule has 5 heteroatoms. The number of rotatable bonds is 8. The van der Waals surface area contributed by atoms with Gasteiger partial charge in [0.1, 0.15) is 19.0 Å². The third-order valence-electron chi connectivity index (χ3n) is 3.80. The van der Waals surface area contributed by atoms with E-state index in [0.29, 0.717) is 31.3 Å². The van der Waals surface area contributed by atoms with Crippen LogP contribution in [0.15, 0.2) is 65.8 Å². The second kappa shape index (κ2) is 8.76. The molecule has 0 aliphatic rings. The second-order valence-electron chi connectivity index (χ2n) is 5.59. The Morgan fingerprint density at radius 2 is 1.65 bits per heavy atom. The van der Waals surface area contributed by atoms with Crippen LogP contribution in [0.4, 0.5) is 0 Å². The van der Waals surface area contributed by atoms with E-state index >= 15 is 0 Å². The zero-order valence-electron chi connectivity index (χ0n) is 14.6. The van der Waals surface area contributed by atoms with E-state index in [2.05, 4.69) is 17.3 Å². The fourth-order valence-electron chi connectivity index (χ4n) is 2.63. The Labute approximate surface area is 152 Å². The first-order valence-electron chi connectivity index (χ1n) is 8.49. The Balaban J connectivity index is 1.58. The molecule has 0 bridgehead atoms. The molecule has 0 unspecified atom stereocenters. The third kappa shape index (κ3) is 4.45. The van der Waals surface area contributed by atoms with Crippen LogP contribution in [0.25, 0.3) is 10.8 Å². The number of oxime groups is 1. The molecule has 0 saturated carbocycles. The molecule has 0 saturated heterocycles. The number of hydrogen-bond acceptors (Lipinski definition) is 5. The molecule has 0 aromatic heterocycles. The van der Waals surface area contributed by atoms with E-state index in [1.54, 1.807) is 18.2 Å². The molecular formula is C21H21NO4. The van der Waals surface area contributed by atoms with Crippen molar-refractivity contribution in [2.45, 2.75) is 6.92 Å². The highest BCUT2D eigenvalue weighted by Crippen LogP contribution is 2.28. The van der Waals surface area contributed by atoms with E-state index in [-0.39, 0.29) is 0 Å². The van der Waals surface area contributed by atoms with E-state index in [1.807, 2.05) is 37.3 Å². The lowest BCUT2D eigenvalue weighted by atomic mass is 10.1. The average molecular weight is 351 g/mol. The second-order valence-corrected chi connectivity index (χ2v) is 5.59. The first kappa shape index (κ1) is 17.6. The van der Waals surface area contributed by atoms with Gasteiger partial charge in [-0.3, -0.25) is 0 Å². The van der Waals surface area contributed by atoms with Crippen LogP contribution in [0.5, 0.6) is 17.2 Å². The Morgan fingerprint density at radius 1 is 0.846 bits per heavy atom. The fourth-order valence-corrected chi connectivity index (χ4v) is 2.63. The van der Waals surface area contributed by atoms with Crippen molar-refractivity contribution in [1.29, 1.82) is 0 Å². The van der Waals surface area contributed by atoms with Crippen LogP contribution in [-0.2, 0) is 0 Å². The van der Waals surface area contributed by atoms with E-state index in [1.165, 1.54) is 11.6 Å². The SMILES string of the molecule is CCOc1cc(C=NO)ccc1OCCOc1ccc2ccccc2c1. The van der Waals surface area contributed by atoms with Gasteiger partial charge in [0, 0.05) is 5.56 Å². The number of nitrogens with zero attached hydrogens (tertiary/aromatic N) is 1. The molecule has 0 radical (unpaired) electrons. The van der Waals surface area contributed by atoms with Gasteiger partial charge in [-0.2, -0.15) is 0 Å². The number of fused-ring (bicyclic) bond motifs is 1. The molecule has 0 heterocycles. The van der Waals surface area contributed by atoms with Gasteiger partial charge in [-0.1, -0.05) is 35.5 Å². The van der Waals surface area contributed by atoms with E-state index in [4.69, 9.17) is 19.4 Å². The van der Waals surface area contributed by atoms with Crippen molar-refractivity contribution in [3.05, 3.63) is 66.2 Å². The summed E-state index contributed by atoms with van der Waals surface area (Å²) in [6.07, 6.45) is 1.34. The van der Waals surface area contributed by atoms with Crippen LogP contribution in [-0.4, -0.2) is 31.2 Å². The molecule has 1 N–H and O–H groups in total. The molecule has 0 atom stereocenters. The monoisotopic (exact) mass is 351 g/mol. The Bertz CT molecular complexity index is 892. The summed E-state index contributed by atoms with van der Waals surface area (Å²) in [5.74, 6) is 2.05. The maximum Gasteiger partial charge on any atom is 0.161 e. The van der Waals surface area contributed by atoms with Crippen LogP contribution in [0, 0.1) is 0 Å². The molecule has 134 valence electrons. The smallest absolute Gasteiger partial charge is 0.161 e. The Kier molecular flexibility index (Phi) is 5.93. The van der Waals surface area contributed by atoms with Crippen molar-refractivity contribution in [3.8, 4) is 17.2 Å². The minimum Gasteiger partial charge on any atom is -0.490 e. The minimum absolute atomic E-state index is 0.389. The summed E-state index contributed by atoms with van der Waals surface area (Å²) < 4.78 is 17.1. The lowest BCUT2D eigenvalue weighted by Gasteiger charge is -2.13. The summed E-state index contributed by atoms with van der Waals surface area (Å²) in [6.45, 7) is 3.23. The molecule has 5 nitrogen and oxygen atoms in total. The summed E-state index contributed by atoms with van der Waals surface area (Å²) in [7, 11) is 0. The van der Waals surface area contributed by atoms with Gasteiger partial charge < -0.3 is 19.4 Å². The topological polar surface area (TPSA) is 60.3 Å². The third-order valence-corrected chi connectivity index (χ3v) is 3.80. The van der Waals surface area contributed by atoms with Crippen molar-refractivity contribution in [1.82, 2.24) is 0 Å². The average Bonchev–Trinajstić information content (AvgIpc) is 2.67. The predicted molar refractivity (Wildman–Crippen MR) is 102 cm³/mol. The van der Waals surface area contributed by atoms with Gasteiger partial charge in [0.2, 0.25) is 0 Å². The molecule has 0 fully saturated rings. The molecule has 0 amide bonds. The van der Waals surface area contributed by atoms with E-state index in [9.17, 15) is 0 Å². The summed E-state index contributed by atoms with van der Waals surface area (Å²) >= 11 is 0. The van der Waals surface area contributed by atoms with Gasteiger partial charge in [-0.25, -0.2) is 0 Å². The van der Waals surface area contributed by atoms with E-state index < -0.39 is 0 Å². The Hall–Kier alpha value is -3.21. The van der Waals surface area contributed by atoms with Gasteiger partial charge in [0.15, 0.2) is 11.5 Å². The summed E-state index contributed by atoms with van der Waals surface area (Å²) in [5, 5.41) is 14.0. The van der Waals surface area contributed by atoms with Gasteiger partial charge in [0.25, 0.3) is 0 Å². The number of ether oxygens (including phenoxy) is 3. The Morgan fingerprint density at radius 3 is 2.46 bits per heavy atom. The van der Waals surface area contributed by atoms with Crippen molar-refractivity contribution >= 4 is 17.0 Å². The lowest BCUT2D eigenvalue weighted by Crippen LogP contribution is -2.10. The molecule has 26 heavy (non-hydrogen) atoms. The summed E-state index contributed by atoms with van der Waals surface area (Å²) in [6, 6.07) is 19.5. The van der Waals surface area contributed by atoms with Crippen molar-refractivity contribution in [2.24, 2.45) is 5.16 Å². The molecule has 0 aliphatic heterocycles. The van der Waals surface area contributed by atoms with Crippen LogP contribution in [0.2, 0.25) is 0 Å². The minimum atomic E-state index is 0.389. The maximum atomic E-state index is 8.64. The zero-order chi connectivity index (χ0) is 18.2. The van der Waals surface area contributed by atoms with Crippen LogP contribution >= 0.6 is 0 Å². The van der Waals surface area contributed by atoms with Crippen molar-refractivity contribution < 1.29 is 19.4 Å². The molecule has 0 spiro atoms. The zero-order valence-corrected chi connectivity index (χ0v) is 14.6. The predicted octanol–water partition coefficient (Wildman–Crippen LogP) is 4.50. The number of hydrogen-bond donors (Lipinski definition) is 1. The van der Waals surface area contributed by atoms with Crippen LogP contribution in [0.1, 0.15) is 12.5 Å². The highest BCUT2D eigenvalue weighted by molar-refractivity contribution is 5.83. The van der Waals surface area contributed by atoms with Crippen LogP contribution < -0.4 is 14.2 Å². The summed E-state index contributed by atoms with van der Waals surface area (Å²) in [5.41, 5.74) is 0.732. The fraction of sp³-hybridized carbons (Fsp3) is 0.190. The summed E-state index contributed by atoms with van der Waals surface area (Å²) in [4.78, 5) is 0. The molecular weight excluding hydrogens is 330 g/mol. The van der Waals surface area contributed by atoms with Gasteiger partial charge >= 0.3 is 0 Å². The van der Waals surface area contributed by atoms with Gasteiger partial charge in [0.05, 0.1) is 12.8 Å². The molecule has 3 aromatic rings. The quantitative estimate of drug-likeness (QED) is 0.281. The standard InChI is InChI=1S/C21H21NO4/c1-2-24-21-13-16(15-22-23)7-10-20(21)26-12-11-25-19-9-8-17-5-3-4-6-18(17)14-19/h3-10,13-15,23H,2,11-12H2,1H3. The first-order chi connectivity index (χ1) is 12.8. The van der Waals surface area contributed by atoms with Gasteiger partial charge in [-0.15, -0.1) is 0 Å². The number of benzene rings is 3. The normalized spacial score (nSPS) is 11.0. The van der Waals surface area contributed by atoms with Crippen molar-refractivity contribution in [2.75, 3.05) is 19.8 Å².